The van der Waals surface area contributed by atoms with Gasteiger partial charge in [-0.2, -0.15) is 0 Å². The van der Waals surface area contributed by atoms with E-state index in [9.17, 15) is 4.79 Å². The molecule has 100 valence electrons. The molecule has 1 amide bonds. The number of aromatic nitrogens is 3. The van der Waals surface area contributed by atoms with Gasteiger partial charge in [0.05, 0.1) is 0 Å². The molecule has 6 nitrogen and oxygen atoms in total. The maximum absolute atomic E-state index is 11.9. The van der Waals surface area contributed by atoms with E-state index in [0.717, 1.165) is 12.8 Å². The first kappa shape index (κ1) is 12.4. The Morgan fingerprint density at radius 1 is 1.58 bits per heavy atom. The Labute approximate surface area is 118 Å². The van der Waals surface area contributed by atoms with E-state index in [1.807, 2.05) is 23.7 Å². The van der Waals surface area contributed by atoms with Gasteiger partial charge in [0.2, 0.25) is 5.91 Å². The average Bonchev–Trinajstić information content (AvgIpc) is 3.04. The van der Waals surface area contributed by atoms with E-state index in [4.69, 9.17) is 0 Å². The predicted molar refractivity (Wildman–Crippen MR) is 74.9 cm³/mol. The Balaban J connectivity index is 1.79. The van der Waals surface area contributed by atoms with Crippen LogP contribution in [0.15, 0.2) is 23.2 Å². The highest BCUT2D eigenvalue weighted by atomic mass is 79.9. The number of fused-ring (bicyclic) bond motifs is 1. The smallest absolute Gasteiger partial charge is 0.242 e. The maximum atomic E-state index is 11.9. The fourth-order valence-corrected chi connectivity index (χ4v) is 2.22. The van der Waals surface area contributed by atoms with Crippen LogP contribution in [0.1, 0.15) is 19.8 Å². The van der Waals surface area contributed by atoms with E-state index >= 15 is 0 Å². The van der Waals surface area contributed by atoms with Gasteiger partial charge in [-0.05, 0) is 35.7 Å². The average molecular weight is 324 g/mol. The summed E-state index contributed by atoms with van der Waals surface area (Å²) in [5.74, 6) is 0.590. The van der Waals surface area contributed by atoms with Crippen molar-refractivity contribution in [2.45, 2.75) is 31.8 Å². The molecule has 2 N–H and O–H groups in total. The summed E-state index contributed by atoms with van der Waals surface area (Å²) in [5, 5.41) is 6.07. The van der Waals surface area contributed by atoms with E-state index in [0.29, 0.717) is 22.1 Å². The number of nitrogens with zero attached hydrogens (tertiary/aromatic N) is 3. The standard InChI is InChI=1S/C12H14BrN5O/c1-7(12(19)16-8-2-3-8)15-10-11-14-4-5-18(11)6-9(13)17-10/h4-8H,2-3H2,1H3,(H,15,17)(H,16,19). The monoisotopic (exact) mass is 323 g/mol. The molecule has 0 spiro atoms. The minimum Gasteiger partial charge on any atom is -0.356 e. The molecular weight excluding hydrogens is 310 g/mol. The fourth-order valence-electron chi connectivity index (χ4n) is 1.82. The maximum Gasteiger partial charge on any atom is 0.242 e. The zero-order valence-corrected chi connectivity index (χ0v) is 12.0. The number of halogens is 1. The highest BCUT2D eigenvalue weighted by Gasteiger charge is 2.26. The molecule has 1 saturated carbocycles. The first-order chi connectivity index (χ1) is 9.13. The highest BCUT2D eigenvalue weighted by Crippen LogP contribution is 2.20. The second-order valence-electron chi connectivity index (χ2n) is 4.72. The molecule has 1 fully saturated rings. The van der Waals surface area contributed by atoms with E-state index < -0.39 is 0 Å². The van der Waals surface area contributed by atoms with Crippen molar-refractivity contribution in [3.63, 3.8) is 0 Å². The minimum atomic E-state index is -0.345. The van der Waals surface area contributed by atoms with Crippen LogP contribution in [0.2, 0.25) is 0 Å². The fraction of sp³-hybridized carbons (Fsp3) is 0.417. The van der Waals surface area contributed by atoms with Crippen molar-refractivity contribution in [2.24, 2.45) is 0 Å². The van der Waals surface area contributed by atoms with Gasteiger partial charge in [-0.25, -0.2) is 9.97 Å². The zero-order valence-electron chi connectivity index (χ0n) is 10.4. The largest absolute Gasteiger partial charge is 0.356 e. The van der Waals surface area contributed by atoms with Gasteiger partial charge in [0, 0.05) is 24.6 Å². The van der Waals surface area contributed by atoms with Crippen molar-refractivity contribution < 1.29 is 4.79 Å². The van der Waals surface area contributed by atoms with Crippen molar-refractivity contribution in [3.8, 4) is 0 Å². The molecule has 0 aliphatic heterocycles. The number of rotatable bonds is 4. The van der Waals surface area contributed by atoms with Gasteiger partial charge in [0.1, 0.15) is 10.6 Å². The number of carbonyl (C=O) groups excluding carboxylic acids is 1. The normalized spacial score (nSPS) is 16.3. The lowest BCUT2D eigenvalue weighted by molar-refractivity contribution is -0.121. The molecule has 19 heavy (non-hydrogen) atoms. The zero-order chi connectivity index (χ0) is 13.4. The Morgan fingerprint density at radius 3 is 3.11 bits per heavy atom. The molecule has 1 aliphatic carbocycles. The summed E-state index contributed by atoms with van der Waals surface area (Å²) in [4.78, 5) is 20.5. The molecule has 1 atom stereocenters. The summed E-state index contributed by atoms with van der Waals surface area (Å²) in [6.07, 6.45) is 7.52. The Kier molecular flexibility index (Phi) is 3.14. The molecule has 1 aliphatic rings. The highest BCUT2D eigenvalue weighted by molar-refractivity contribution is 9.10. The number of carbonyl (C=O) groups is 1. The molecule has 3 rings (SSSR count). The third kappa shape index (κ3) is 2.70. The van der Waals surface area contributed by atoms with Crippen molar-refractivity contribution in [3.05, 3.63) is 23.2 Å². The van der Waals surface area contributed by atoms with Crippen molar-refractivity contribution in [2.75, 3.05) is 5.32 Å². The van der Waals surface area contributed by atoms with Gasteiger partial charge in [-0.3, -0.25) is 4.79 Å². The molecule has 0 radical (unpaired) electrons. The molecule has 0 bridgehead atoms. The quantitative estimate of drug-likeness (QED) is 0.896. The first-order valence-corrected chi connectivity index (χ1v) is 6.99. The number of imidazole rings is 1. The van der Waals surface area contributed by atoms with Crippen LogP contribution in [0.25, 0.3) is 5.65 Å². The summed E-state index contributed by atoms with van der Waals surface area (Å²) in [5.41, 5.74) is 0.703. The van der Waals surface area contributed by atoms with Crippen LogP contribution in [0.5, 0.6) is 0 Å². The van der Waals surface area contributed by atoms with E-state index in [1.54, 1.807) is 6.20 Å². The topological polar surface area (TPSA) is 71.3 Å². The lowest BCUT2D eigenvalue weighted by Crippen LogP contribution is -2.39. The van der Waals surface area contributed by atoms with E-state index in [2.05, 4.69) is 36.5 Å². The van der Waals surface area contributed by atoms with Crippen molar-refractivity contribution in [1.29, 1.82) is 0 Å². The molecule has 2 aromatic rings. The van der Waals surface area contributed by atoms with Gasteiger partial charge in [0.15, 0.2) is 11.5 Å². The number of anilines is 1. The second kappa shape index (κ2) is 4.80. The van der Waals surface area contributed by atoms with Crippen LogP contribution in [-0.4, -0.2) is 32.4 Å². The third-order valence-electron chi connectivity index (χ3n) is 3.01. The molecule has 1 unspecified atom stereocenters. The minimum absolute atomic E-state index is 0.00557. The summed E-state index contributed by atoms with van der Waals surface area (Å²) in [6.45, 7) is 1.82. The van der Waals surface area contributed by atoms with Crippen molar-refractivity contribution in [1.82, 2.24) is 19.7 Å². The van der Waals surface area contributed by atoms with Crippen LogP contribution < -0.4 is 10.6 Å². The van der Waals surface area contributed by atoms with Gasteiger partial charge >= 0.3 is 0 Å². The number of amides is 1. The van der Waals surface area contributed by atoms with Gasteiger partial charge in [0.25, 0.3) is 0 Å². The summed E-state index contributed by atoms with van der Waals surface area (Å²) in [7, 11) is 0. The summed E-state index contributed by atoms with van der Waals surface area (Å²) < 4.78 is 2.54. The number of hydrogen-bond acceptors (Lipinski definition) is 4. The molecular formula is C12H14BrN5O. The van der Waals surface area contributed by atoms with E-state index in [-0.39, 0.29) is 11.9 Å². The SMILES string of the molecule is CC(Nc1nc(Br)cn2ccnc12)C(=O)NC1CC1. The number of nitrogens with one attached hydrogen (secondary N) is 2. The molecule has 2 heterocycles. The Hall–Kier alpha value is -1.63. The molecule has 2 aromatic heterocycles. The molecule has 0 aromatic carbocycles. The molecule has 7 heteroatoms. The van der Waals surface area contributed by atoms with Gasteiger partial charge in [-0.15, -0.1) is 0 Å². The van der Waals surface area contributed by atoms with Crippen LogP contribution in [0.3, 0.4) is 0 Å². The van der Waals surface area contributed by atoms with Crippen LogP contribution in [0, 0.1) is 0 Å². The van der Waals surface area contributed by atoms with Gasteiger partial charge < -0.3 is 15.0 Å². The lowest BCUT2D eigenvalue weighted by atomic mass is 10.3. The van der Waals surface area contributed by atoms with E-state index in [1.165, 1.54) is 0 Å². The van der Waals surface area contributed by atoms with Crippen LogP contribution in [-0.2, 0) is 4.79 Å². The van der Waals surface area contributed by atoms with Crippen molar-refractivity contribution >= 4 is 33.3 Å². The Bertz CT molecular complexity index is 622. The number of hydrogen-bond donors (Lipinski definition) is 2. The predicted octanol–water partition coefficient (Wildman–Crippen LogP) is 1.57. The van der Waals surface area contributed by atoms with Crippen LogP contribution in [0.4, 0.5) is 5.82 Å². The summed E-state index contributed by atoms with van der Waals surface area (Å²) in [6, 6.07) is 0.0153. The van der Waals surface area contributed by atoms with Crippen LogP contribution >= 0.6 is 15.9 Å². The first-order valence-electron chi connectivity index (χ1n) is 6.19. The summed E-state index contributed by atoms with van der Waals surface area (Å²) >= 11 is 3.34. The van der Waals surface area contributed by atoms with Gasteiger partial charge in [-0.1, -0.05) is 0 Å². The Morgan fingerprint density at radius 2 is 2.37 bits per heavy atom. The molecule has 0 saturated heterocycles. The lowest BCUT2D eigenvalue weighted by Gasteiger charge is -2.15. The third-order valence-corrected chi connectivity index (χ3v) is 3.40. The second-order valence-corrected chi connectivity index (χ2v) is 5.53.